The molecule has 1 aromatic heterocycles. The van der Waals surface area contributed by atoms with Crippen molar-refractivity contribution in [3.05, 3.63) is 63.6 Å². The molecule has 0 N–H and O–H groups in total. The van der Waals surface area contributed by atoms with Gasteiger partial charge in [-0.15, -0.1) is 11.3 Å². The van der Waals surface area contributed by atoms with Crippen molar-refractivity contribution in [2.24, 2.45) is 0 Å². The number of fused-ring (bicyclic) bond motifs is 1. The minimum absolute atomic E-state index is 0.300. The van der Waals surface area contributed by atoms with E-state index in [1.165, 1.54) is 15.3 Å². The first-order valence-corrected chi connectivity index (χ1v) is 8.55. The van der Waals surface area contributed by atoms with Crippen LogP contribution in [0, 0.1) is 0 Å². The molecule has 1 heterocycles. The molecule has 4 heteroatoms. The van der Waals surface area contributed by atoms with Crippen LogP contribution in [0.3, 0.4) is 0 Å². The van der Waals surface area contributed by atoms with Gasteiger partial charge in [-0.1, -0.05) is 46.3 Å². The molecule has 0 bridgehead atoms. The summed E-state index contributed by atoms with van der Waals surface area (Å²) in [7, 11) is 2.15. The summed E-state index contributed by atoms with van der Waals surface area (Å²) >= 11 is 5.40. The molecule has 108 valence electrons. The van der Waals surface area contributed by atoms with Crippen LogP contribution >= 0.6 is 27.3 Å². The summed E-state index contributed by atoms with van der Waals surface area (Å²) in [4.78, 5) is 7.09. The van der Waals surface area contributed by atoms with E-state index < -0.39 is 0 Å². The SMILES string of the molecule is C[C@H](c1nc2ccccc2s1)N(C)Cc1ccccc1Br. The normalized spacial score (nSPS) is 13.0. The predicted octanol–water partition coefficient (Wildman–Crippen LogP) is 5.25. The minimum Gasteiger partial charge on any atom is -0.293 e. The zero-order valence-electron chi connectivity index (χ0n) is 12.1. The summed E-state index contributed by atoms with van der Waals surface area (Å²) in [5.41, 5.74) is 2.40. The maximum absolute atomic E-state index is 4.76. The van der Waals surface area contributed by atoms with E-state index >= 15 is 0 Å². The Balaban J connectivity index is 1.80. The Labute approximate surface area is 137 Å². The van der Waals surface area contributed by atoms with Crippen LogP contribution in [0.2, 0.25) is 0 Å². The molecule has 0 radical (unpaired) electrons. The molecule has 0 saturated carbocycles. The van der Waals surface area contributed by atoms with Gasteiger partial charge in [0.2, 0.25) is 0 Å². The van der Waals surface area contributed by atoms with E-state index in [-0.39, 0.29) is 0 Å². The number of hydrogen-bond acceptors (Lipinski definition) is 3. The molecule has 2 nitrogen and oxygen atoms in total. The van der Waals surface area contributed by atoms with E-state index in [0.717, 1.165) is 16.5 Å². The molecular weight excluding hydrogens is 344 g/mol. The van der Waals surface area contributed by atoms with Gasteiger partial charge in [0, 0.05) is 11.0 Å². The number of benzene rings is 2. The largest absolute Gasteiger partial charge is 0.293 e. The van der Waals surface area contributed by atoms with Gasteiger partial charge in [0.05, 0.1) is 16.3 Å². The fourth-order valence-corrected chi connectivity index (χ4v) is 3.78. The first kappa shape index (κ1) is 14.7. The lowest BCUT2D eigenvalue weighted by atomic mass is 10.2. The van der Waals surface area contributed by atoms with Gasteiger partial charge < -0.3 is 0 Å². The lowest BCUT2D eigenvalue weighted by molar-refractivity contribution is 0.252. The average Bonchev–Trinajstić information content (AvgIpc) is 2.92. The lowest BCUT2D eigenvalue weighted by Gasteiger charge is -2.23. The average molecular weight is 361 g/mol. The van der Waals surface area contributed by atoms with E-state index in [4.69, 9.17) is 4.98 Å². The summed E-state index contributed by atoms with van der Waals surface area (Å²) in [5, 5.41) is 1.17. The van der Waals surface area contributed by atoms with Crippen molar-refractivity contribution in [2.75, 3.05) is 7.05 Å². The van der Waals surface area contributed by atoms with Gasteiger partial charge in [0.15, 0.2) is 0 Å². The number of rotatable bonds is 4. The summed E-state index contributed by atoms with van der Waals surface area (Å²) in [6.07, 6.45) is 0. The van der Waals surface area contributed by atoms with Crippen molar-refractivity contribution in [2.45, 2.75) is 19.5 Å². The number of aromatic nitrogens is 1. The second-order valence-corrected chi connectivity index (χ2v) is 7.12. The highest BCUT2D eigenvalue weighted by molar-refractivity contribution is 9.10. The Kier molecular flexibility index (Phi) is 4.38. The Bertz CT molecular complexity index is 720. The molecule has 21 heavy (non-hydrogen) atoms. The third-order valence-electron chi connectivity index (χ3n) is 3.71. The van der Waals surface area contributed by atoms with Crippen molar-refractivity contribution in [1.29, 1.82) is 0 Å². The summed E-state index contributed by atoms with van der Waals surface area (Å²) in [5.74, 6) is 0. The molecule has 0 aliphatic heterocycles. The molecule has 0 amide bonds. The molecule has 0 saturated heterocycles. The molecule has 0 spiro atoms. The predicted molar refractivity (Wildman–Crippen MR) is 93.6 cm³/mol. The molecule has 3 aromatic rings. The maximum atomic E-state index is 4.76. The van der Waals surface area contributed by atoms with Crippen molar-refractivity contribution in [1.82, 2.24) is 9.88 Å². The van der Waals surface area contributed by atoms with Gasteiger partial charge in [0.1, 0.15) is 5.01 Å². The minimum atomic E-state index is 0.300. The quantitative estimate of drug-likeness (QED) is 0.631. The Hall–Kier alpha value is -1.23. The van der Waals surface area contributed by atoms with E-state index in [0.29, 0.717) is 6.04 Å². The fraction of sp³-hybridized carbons (Fsp3) is 0.235. The van der Waals surface area contributed by atoms with Crippen molar-refractivity contribution in [3.63, 3.8) is 0 Å². The van der Waals surface area contributed by atoms with Crippen LogP contribution in [-0.2, 0) is 6.54 Å². The molecule has 0 aliphatic carbocycles. The smallest absolute Gasteiger partial charge is 0.111 e. The molecule has 0 aliphatic rings. The molecular formula is C17H17BrN2S. The van der Waals surface area contributed by atoms with Crippen LogP contribution in [0.25, 0.3) is 10.2 Å². The second-order valence-electron chi connectivity index (χ2n) is 5.20. The van der Waals surface area contributed by atoms with Gasteiger partial charge in [-0.05, 0) is 37.7 Å². The Morgan fingerprint density at radius 1 is 1.14 bits per heavy atom. The maximum Gasteiger partial charge on any atom is 0.111 e. The van der Waals surface area contributed by atoms with Crippen LogP contribution in [0.4, 0.5) is 0 Å². The monoisotopic (exact) mass is 360 g/mol. The second kappa shape index (κ2) is 6.26. The zero-order valence-corrected chi connectivity index (χ0v) is 14.5. The highest BCUT2D eigenvalue weighted by Crippen LogP contribution is 2.30. The van der Waals surface area contributed by atoms with Crippen molar-refractivity contribution < 1.29 is 0 Å². The van der Waals surface area contributed by atoms with Crippen molar-refractivity contribution in [3.8, 4) is 0 Å². The summed E-state index contributed by atoms with van der Waals surface area (Å²) in [6.45, 7) is 3.12. The number of para-hydroxylation sites is 1. The molecule has 0 unspecified atom stereocenters. The van der Waals surface area contributed by atoms with Crippen LogP contribution < -0.4 is 0 Å². The fourth-order valence-electron chi connectivity index (χ4n) is 2.29. The summed E-state index contributed by atoms with van der Waals surface area (Å²) in [6, 6.07) is 17.0. The number of thiazole rings is 1. The van der Waals surface area contributed by atoms with Crippen LogP contribution in [0.5, 0.6) is 0 Å². The number of hydrogen-bond donors (Lipinski definition) is 0. The van der Waals surface area contributed by atoms with Gasteiger partial charge in [-0.25, -0.2) is 4.98 Å². The van der Waals surface area contributed by atoms with Crippen LogP contribution in [-0.4, -0.2) is 16.9 Å². The first-order chi connectivity index (χ1) is 10.1. The topological polar surface area (TPSA) is 16.1 Å². The van der Waals surface area contributed by atoms with Gasteiger partial charge in [0.25, 0.3) is 0 Å². The van der Waals surface area contributed by atoms with Crippen molar-refractivity contribution >= 4 is 37.5 Å². The van der Waals surface area contributed by atoms with E-state index in [9.17, 15) is 0 Å². The molecule has 2 aromatic carbocycles. The molecule has 1 atom stereocenters. The molecule has 0 fully saturated rings. The number of nitrogens with zero attached hydrogens (tertiary/aromatic N) is 2. The van der Waals surface area contributed by atoms with Gasteiger partial charge in [-0.2, -0.15) is 0 Å². The van der Waals surface area contributed by atoms with E-state index in [1.54, 1.807) is 11.3 Å². The van der Waals surface area contributed by atoms with Gasteiger partial charge in [-0.3, -0.25) is 4.90 Å². The molecule has 3 rings (SSSR count). The number of halogens is 1. The lowest BCUT2D eigenvalue weighted by Crippen LogP contribution is -2.22. The van der Waals surface area contributed by atoms with E-state index in [2.05, 4.69) is 71.2 Å². The van der Waals surface area contributed by atoms with Gasteiger partial charge >= 0.3 is 0 Å². The Morgan fingerprint density at radius 2 is 1.86 bits per heavy atom. The first-order valence-electron chi connectivity index (χ1n) is 6.94. The summed E-state index contributed by atoms with van der Waals surface area (Å²) < 4.78 is 2.42. The van der Waals surface area contributed by atoms with Crippen LogP contribution in [0.1, 0.15) is 23.5 Å². The zero-order chi connectivity index (χ0) is 14.8. The Morgan fingerprint density at radius 3 is 2.62 bits per heavy atom. The van der Waals surface area contributed by atoms with Crippen LogP contribution in [0.15, 0.2) is 53.0 Å². The van der Waals surface area contributed by atoms with E-state index in [1.807, 2.05) is 12.1 Å². The standard InChI is InChI=1S/C17H17BrN2S/c1-12(17-19-15-9-5-6-10-16(15)21-17)20(2)11-13-7-3-4-8-14(13)18/h3-10,12H,11H2,1-2H3/t12-/m1/s1. The third kappa shape index (κ3) is 3.18. The third-order valence-corrected chi connectivity index (χ3v) is 5.69. The highest BCUT2D eigenvalue weighted by Gasteiger charge is 2.17. The highest BCUT2D eigenvalue weighted by atomic mass is 79.9.